The lowest BCUT2D eigenvalue weighted by Gasteiger charge is -2.13. The number of hydrogen-bond acceptors (Lipinski definition) is 3. The molecule has 2 N–H and O–H groups in total. The maximum Gasteiger partial charge on any atom is 0.328 e. The van der Waals surface area contributed by atoms with Crippen LogP contribution in [0, 0.1) is 0 Å². The van der Waals surface area contributed by atoms with Crippen molar-refractivity contribution in [2.75, 3.05) is 4.72 Å². The lowest BCUT2D eigenvalue weighted by molar-refractivity contribution is -0.131. The van der Waals surface area contributed by atoms with Crippen molar-refractivity contribution in [2.45, 2.75) is 4.90 Å². The first-order chi connectivity index (χ1) is 13.0. The predicted molar refractivity (Wildman–Crippen MR) is 106 cm³/mol. The third-order valence-corrected chi connectivity index (χ3v) is 5.21. The number of rotatable bonds is 6. The molecule has 3 rings (SSSR count). The number of sulfonamides is 1. The van der Waals surface area contributed by atoms with Gasteiger partial charge >= 0.3 is 5.97 Å². The summed E-state index contributed by atoms with van der Waals surface area (Å²) in [5.41, 5.74) is 2.62. The number of carboxylic acid groups (broad SMARTS) is 1. The average Bonchev–Trinajstić information content (AvgIpc) is 2.67. The van der Waals surface area contributed by atoms with Crippen LogP contribution in [0.25, 0.3) is 17.2 Å². The topological polar surface area (TPSA) is 83.5 Å². The quantitative estimate of drug-likeness (QED) is 0.627. The molecule has 0 aromatic heterocycles. The maximum atomic E-state index is 12.8. The molecule has 0 aliphatic heterocycles. The highest BCUT2D eigenvalue weighted by molar-refractivity contribution is 7.92. The third kappa shape index (κ3) is 4.62. The second kappa shape index (κ2) is 7.88. The zero-order valence-electron chi connectivity index (χ0n) is 14.2. The fraction of sp³-hybridized carbons (Fsp3) is 0. The Balaban J connectivity index is 1.95. The molecule has 5 nitrogen and oxygen atoms in total. The van der Waals surface area contributed by atoms with Crippen LogP contribution in [-0.4, -0.2) is 19.5 Å². The van der Waals surface area contributed by atoms with E-state index in [0.29, 0.717) is 11.3 Å². The smallest absolute Gasteiger partial charge is 0.328 e. The largest absolute Gasteiger partial charge is 0.478 e. The van der Waals surface area contributed by atoms with Crippen molar-refractivity contribution < 1.29 is 18.3 Å². The van der Waals surface area contributed by atoms with E-state index in [1.807, 2.05) is 42.5 Å². The average molecular weight is 379 g/mol. The van der Waals surface area contributed by atoms with E-state index in [0.717, 1.165) is 17.2 Å². The highest BCUT2D eigenvalue weighted by Gasteiger charge is 2.16. The van der Waals surface area contributed by atoms with Crippen molar-refractivity contribution >= 4 is 27.8 Å². The van der Waals surface area contributed by atoms with Crippen LogP contribution in [-0.2, 0) is 14.8 Å². The van der Waals surface area contributed by atoms with Gasteiger partial charge in [0.25, 0.3) is 10.0 Å². The fourth-order valence-corrected chi connectivity index (χ4v) is 3.73. The summed E-state index contributed by atoms with van der Waals surface area (Å²) in [6.07, 6.45) is 2.31. The standard InChI is InChI=1S/C21H17NO4S/c23-21(24)14-13-16-7-6-10-18(15-16)27(25,26)22-20-12-5-4-11-19(20)17-8-2-1-3-9-17/h1-15,22H,(H,23,24). The molecular weight excluding hydrogens is 362 g/mol. The first-order valence-electron chi connectivity index (χ1n) is 8.14. The Hall–Kier alpha value is -3.38. The van der Waals surface area contributed by atoms with E-state index in [4.69, 9.17) is 5.11 Å². The van der Waals surface area contributed by atoms with Gasteiger partial charge in [-0.3, -0.25) is 4.72 Å². The van der Waals surface area contributed by atoms with E-state index in [1.54, 1.807) is 24.3 Å². The minimum absolute atomic E-state index is 0.0536. The number of carbonyl (C=O) groups is 1. The predicted octanol–water partition coefficient (Wildman–Crippen LogP) is 4.25. The van der Waals surface area contributed by atoms with Crippen LogP contribution in [0.4, 0.5) is 5.69 Å². The molecule has 0 saturated carbocycles. The van der Waals surface area contributed by atoms with E-state index in [9.17, 15) is 13.2 Å². The Morgan fingerprint density at radius 1 is 0.889 bits per heavy atom. The van der Waals surface area contributed by atoms with Crippen LogP contribution in [0.2, 0.25) is 0 Å². The monoisotopic (exact) mass is 379 g/mol. The second-order valence-electron chi connectivity index (χ2n) is 5.76. The molecule has 0 atom stereocenters. The van der Waals surface area contributed by atoms with Crippen molar-refractivity contribution in [1.29, 1.82) is 0 Å². The molecule has 136 valence electrons. The Bertz CT molecular complexity index is 1090. The van der Waals surface area contributed by atoms with Crippen LogP contribution < -0.4 is 4.72 Å². The van der Waals surface area contributed by atoms with Crippen LogP contribution >= 0.6 is 0 Å². The van der Waals surface area contributed by atoms with Gasteiger partial charge < -0.3 is 5.11 Å². The van der Waals surface area contributed by atoms with Gasteiger partial charge in [0, 0.05) is 11.6 Å². The van der Waals surface area contributed by atoms with Crippen molar-refractivity contribution in [3.05, 3.63) is 90.5 Å². The number of nitrogens with one attached hydrogen (secondary N) is 1. The summed E-state index contributed by atoms with van der Waals surface area (Å²) >= 11 is 0. The normalized spacial score (nSPS) is 11.4. The number of para-hydroxylation sites is 1. The summed E-state index contributed by atoms with van der Waals surface area (Å²) in [4.78, 5) is 10.7. The summed E-state index contributed by atoms with van der Waals surface area (Å²) in [5, 5.41) is 8.72. The van der Waals surface area contributed by atoms with Gasteiger partial charge in [-0.2, -0.15) is 0 Å². The van der Waals surface area contributed by atoms with Gasteiger partial charge in [0.05, 0.1) is 10.6 Å². The molecule has 0 bridgehead atoms. The maximum absolute atomic E-state index is 12.8. The molecular formula is C21H17NO4S. The zero-order chi connectivity index (χ0) is 19.3. The van der Waals surface area contributed by atoms with Crippen molar-refractivity contribution in [2.24, 2.45) is 0 Å². The van der Waals surface area contributed by atoms with Crippen LogP contribution in [0.15, 0.2) is 89.8 Å². The van der Waals surface area contributed by atoms with Gasteiger partial charge in [-0.1, -0.05) is 60.7 Å². The number of aliphatic carboxylic acids is 1. The summed E-state index contributed by atoms with van der Waals surface area (Å²) in [7, 11) is -3.84. The lowest BCUT2D eigenvalue weighted by atomic mass is 10.0. The molecule has 3 aromatic rings. The highest BCUT2D eigenvalue weighted by atomic mass is 32.2. The molecule has 0 radical (unpaired) electrons. The molecule has 0 heterocycles. The summed E-state index contributed by atoms with van der Waals surface area (Å²) < 4.78 is 28.3. The SMILES string of the molecule is O=C(O)C=Cc1cccc(S(=O)(=O)Nc2ccccc2-c2ccccc2)c1. The molecule has 0 aliphatic rings. The summed E-state index contributed by atoms with van der Waals surface area (Å²) in [6, 6.07) is 22.7. The molecule has 6 heteroatoms. The third-order valence-electron chi connectivity index (χ3n) is 3.84. The Kier molecular flexibility index (Phi) is 5.38. The van der Waals surface area contributed by atoms with Crippen molar-refractivity contribution in [3.63, 3.8) is 0 Å². The summed E-state index contributed by atoms with van der Waals surface area (Å²) in [5.74, 6) is -1.10. The van der Waals surface area contributed by atoms with Crippen molar-refractivity contribution in [1.82, 2.24) is 0 Å². The molecule has 0 spiro atoms. The van der Waals surface area contributed by atoms with Gasteiger partial charge in [0.2, 0.25) is 0 Å². The molecule has 27 heavy (non-hydrogen) atoms. The number of hydrogen-bond donors (Lipinski definition) is 2. The van der Waals surface area contributed by atoms with E-state index < -0.39 is 16.0 Å². The molecule has 3 aromatic carbocycles. The van der Waals surface area contributed by atoms with Gasteiger partial charge in [-0.05, 0) is 35.4 Å². The fourth-order valence-electron chi connectivity index (χ4n) is 2.60. The molecule has 0 aliphatic carbocycles. The van der Waals surface area contributed by atoms with Crippen LogP contribution in [0.3, 0.4) is 0 Å². The zero-order valence-corrected chi connectivity index (χ0v) is 15.1. The van der Waals surface area contributed by atoms with Crippen LogP contribution in [0.5, 0.6) is 0 Å². The van der Waals surface area contributed by atoms with Gasteiger partial charge in [0.15, 0.2) is 0 Å². The van der Waals surface area contributed by atoms with E-state index in [1.165, 1.54) is 18.2 Å². The van der Waals surface area contributed by atoms with Crippen molar-refractivity contribution in [3.8, 4) is 11.1 Å². The molecule has 0 fully saturated rings. The Morgan fingerprint density at radius 3 is 2.33 bits per heavy atom. The first-order valence-corrected chi connectivity index (χ1v) is 9.62. The van der Waals surface area contributed by atoms with E-state index >= 15 is 0 Å². The Labute approximate surface area is 157 Å². The first kappa shape index (κ1) is 18.4. The lowest BCUT2D eigenvalue weighted by Crippen LogP contribution is -2.13. The minimum atomic E-state index is -3.84. The second-order valence-corrected chi connectivity index (χ2v) is 7.44. The van der Waals surface area contributed by atoms with E-state index in [2.05, 4.69) is 4.72 Å². The summed E-state index contributed by atoms with van der Waals surface area (Å²) in [6.45, 7) is 0. The number of benzene rings is 3. The Morgan fingerprint density at radius 2 is 1.59 bits per heavy atom. The van der Waals surface area contributed by atoms with Crippen LogP contribution in [0.1, 0.15) is 5.56 Å². The minimum Gasteiger partial charge on any atom is -0.478 e. The molecule has 0 amide bonds. The highest BCUT2D eigenvalue weighted by Crippen LogP contribution is 2.29. The molecule has 0 saturated heterocycles. The van der Waals surface area contributed by atoms with Gasteiger partial charge in [-0.25, -0.2) is 13.2 Å². The number of anilines is 1. The van der Waals surface area contributed by atoms with E-state index in [-0.39, 0.29) is 4.90 Å². The number of carboxylic acids is 1. The van der Waals surface area contributed by atoms with Gasteiger partial charge in [-0.15, -0.1) is 0 Å². The molecule has 0 unspecified atom stereocenters. The van der Waals surface area contributed by atoms with Gasteiger partial charge in [0.1, 0.15) is 0 Å².